The molecule has 0 aliphatic rings. The van der Waals surface area contributed by atoms with Crippen molar-refractivity contribution in [2.75, 3.05) is 0 Å². The van der Waals surface area contributed by atoms with Gasteiger partial charge in [0.05, 0.1) is 0 Å². The van der Waals surface area contributed by atoms with Gasteiger partial charge >= 0.3 is 0 Å². The quantitative estimate of drug-likeness (QED) is 0.744. The minimum atomic E-state index is -0.0436. The van der Waals surface area contributed by atoms with Crippen LogP contribution in [-0.4, -0.2) is 5.11 Å². The van der Waals surface area contributed by atoms with E-state index in [1.54, 1.807) is 0 Å². The number of hydrogen-bond acceptors (Lipinski definition) is 1. The molecule has 0 fully saturated rings. The predicted molar refractivity (Wildman–Crippen MR) is 66.9 cm³/mol. The Labute approximate surface area is 102 Å². The first-order valence-corrected chi connectivity index (χ1v) is 6.01. The van der Waals surface area contributed by atoms with Crippen LogP contribution >= 0.6 is 31.9 Å². The maximum absolute atomic E-state index is 9.99. The number of benzene rings is 1. The third kappa shape index (κ3) is 2.14. The standard InChI is InChI=1S/C11H14Br2O/c1-6-9(13)8(12)5-7(10(6)14)11(2,3)4/h5,14H,1-4H3. The molecule has 0 bridgehead atoms. The molecule has 1 rings (SSSR count). The van der Waals surface area contributed by atoms with Gasteiger partial charge in [-0.05, 0) is 50.3 Å². The minimum Gasteiger partial charge on any atom is -0.507 e. The molecule has 0 aliphatic heterocycles. The second-order valence-electron chi connectivity index (χ2n) is 4.44. The Bertz CT molecular complexity index is 365. The second-order valence-corrected chi connectivity index (χ2v) is 6.09. The fourth-order valence-corrected chi connectivity index (χ4v) is 2.14. The summed E-state index contributed by atoms with van der Waals surface area (Å²) in [6.07, 6.45) is 0. The van der Waals surface area contributed by atoms with Gasteiger partial charge in [0, 0.05) is 20.1 Å². The Morgan fingerprint density at radius 3 is 2.14 bits per heavy atom. The predicted octanol–water partition coefficient (Wildman–Crippen LogP) is 4.52. The first-order valence-electron chi connectivity index (χ1n) is 4.43. The van der Waals surface area contributed by atoms with Crippen molar-refractivity contribution in [3.8, 4) is 5.75 Å². The van der Waals surface area contributed by atoms with Crippen molar-refractivity contribution >= 4 is 31.9 Å². The lowest BCUT2D eigenvalue weighted by Gasteiger charge is -2.22. The fourth-order valence-electron chi connectivity index (χ4n) is 1.32. The number of hydrogen-bond donors (Lipinski definition) is 1. The maximum Gasteiger partial charge on any atom is 0.123 e. The van der Waals surface area contributed by atoms with Gasteiger partial charge in [0.25, 0.3) is 0 Å². The summed E-state index contributed by atoms with van der Waals surface area (Å²) in [4.78, 5) is 0. The lowest BCUT2D eigenvalue weighted by atomic mass is 9.85. The molecule has 3 heteroatoms. The van der Waals surface area contributed by atoms with Crippen LogP contribution < -0.4 is 0 Å². The fraction of sp³-hybridized carbons (Fsp3) is 0.455. The second kappa shape index (κ2) is 3.86. The molecular formula is C11H14Br2O. The highest BCUT2D eigenvalue weighted by Crippen LogP contribution is 2.40. The van der Waals surface area contributed by atoms with Crippen molar-refractivity contribution in [1.82, 2.24) is 0 Å². The average molecular weight is 322 g/mol. The van der Waals surface area contributed by atoms with Crippen LogP contribution in [0.2, 0.25) is 0 Å². The van der Waals surface area contributed by atoms with E-state index in [4.69, 9.17) is 0 Å². The molecule has 1 N–H and O–H groups in total. The van der Waals surface area contributed by atoms with Crippen LogP contribution in [0.4, 0.5) is 0 Å². The highest BCUT2D eigenvalue weighted by Gasteiger charge is 2.21. The van der Waals surface area contributed by atoms with Crippen molar-refractivity contribution in [2.24, 2.45) is 0 Å². The summed E-state index contributed by atoms with van der Waals surface area (Å²) in [6.45, 7) is 8.16. The van der Waals surface area contributed by atoms with Crippen molar-refractivity contribution in [3.05, 3.63) is 26.1 Å². The van der Waals surface area contributed by atoms with E-state index in [2.05, 4.69) is 52.6 Å². The Balaban J connectivity index is 3.49. The molecule has 0 amide bonds. The van der Waals surface area contributed by atoms with Gasteiger partial charge in [-0.1, -0.05) is 20.8 Å². The number of aromatic hydroxyl groups is 1. The summed E-state index contributed by atoms with van der Waals surface area (Å²) < 4.78 is 1.90. The summed E-state index contributed by atoms with van der Waals surface area (Å²) in [7, 11) is 0. The van der Waals surface area contributed by atoms with Crippen LogP contribution in [-0.2, 0) is 5.41 Å². The summed E-state index contributed by atoms with van der Waals surface area (Å²) in [6, 6.07) is 1.96. The van der Waals surface area contributed by atoms with Crippen molar-refractivity contribution in [2.45, 2.75) is 33.1 Å². The van der Waals surface area contributed by atoms with E-state index in [9.17, 15) is 5.11 Å². The monoisotopic (exact) mass is 320 g/mol. The highest BCUT2D eigenvalue weighted by molar-refractivity contribution is 9.13. The molecule has 0 heterocycles. The zero-order valence-electron chi connectivity index (χ0n) is 8.78. The van der Waals surface area contributed by atoms with Crippen LogP contribution in [0.25, 0.3) is 0 Å². The molecule has 1 aromatic carbocycles. The molecule has 14 heavy (non-hydrogen) atoms. The Kier molecular flexibility index (Phi) is 3.32. The minimum absolute atomic E-state index is 0.0436. The number of rotatable bonds is 0. The van der Waals surface area contributed by atoms with Gasteiger partial charge in [0.15, 0.2) is 0 Å². The zero-order valence-corrected chi connectivity index (χ0v) is 12.0. The van der Waals surface area contributed by atoms with Gasteiger partial charge in [0.1, 0.15) is 5.75 Å². The van der Waals surface area contributed by atoms with Gasteiger partial charge in [-0.25, -0.2) is 0 Å². The summed E-state index contributed by atoms with van der Waals surface area (Å²) >= 11 is 6.89. The molecule has 0 saturated carbocycles. The van der Waals surface area contributed by atoms with Gasteiger partial charge in [-0.3, -0.25) is 0 Å². The zero-order chi connectivity index (χ0) is 11.1. The molecule has 0 atom stereocenters. The van der Waals surface area contributed by atoms with Gasteiger partial charge in [-0.2, -0.15) is 0 Å². The van der Waals surface area contributed by atoms with Crippen LogP contribution in [0.3, 0.4) is 0 Å². The molecule has 1 nitrogen and oxygen atoms in total. The Hall–Kier alpha value is -0.0200. The van der Waals surface area contributed by atoms with E-state index in [-0.39, 0.29) is 5.41 Å². The first-order chi connectivity index (χ1) is 6.25. The lowest BCUT2D eigenvalue weighted by molar-refractivity contribution is 0.442. The van der Waals surface area contributed by atoms with E-state index in [1.807, 2.05) is 13.0 Å². The topological polar surface area (TPSA) is 20.2 Å². The van der Waals surface area contributed by atoms with Crippen LogP contribution in [0.5, 0.6) is 5.75 Å². The van der Waals surface area contributed by atoms with E-state index < -0.39 is 0 Å². The molecular weight excluding hydrogens is 308 g/mol. The number of phenolic OH excluding ortho intramolecular Hbond substituents is 1. The largest absolute Gasteiger partial charge is 0.507 e. The van der Waals surface area contributed by atoms with E-state index in [0.717, 1.165) is 20.1 Å². The third-order valence-electron chi connectivity index (χ3n) is 2.23. The normalized spacial score (nSPS) is 11.9. The van der Waals surface area contributed by atoms with Crippen molar-refractivity contribution < 1.29 is 5.11 Å². The summed E-state index contributed by atoms with van der Waals surface area (Å²) in [5, 5.41) is 9.99. The lowest BCUT2D eigenvalue weighted by Crippen LogP contribution is -2.12. The molecule has 0 saturated heterocycles. The van der Waals surface area contributed by atoms with Crippen LogP contribution in [0.15, 0.2) is 15.0 Å². The summed E-state index contributed by atoms with van der Waals surface area (Å²) in [5.41, 5.74) is 1.80. The third-order valence-corrected chi connectivity index (χ3v) is 4.41. The molecule has 0 aliphatic carbocycles. The molecule has 0 spiro atoms. The summed E-state index contributed by atoms with van der Waals surface area (Å²) in [5.74, 6) is 0.382. The molecule has 78 valence electrons. The van der Waals surface area contributed by atoms with Gasteiger partial charge in [-0.15, -0.1) is 0 Å². The van der Waals surface area contributed by atoms with Gasteiger partial charge < -0.3 is 5.11 Å². The smallest absolute Gasteiger partial charge is 0.123 e. The van der Waals surface area contributed by atoms with E-state index in [0.29, 0.717) is 5.75 Å². The van der Waals surface area contributed by atoms with Crippen LogP contribution in [0, 0.1) is 6.92 Å². The molecule has 0 radical (unpaired) electrons. The SMILES string of the molecule is Cc1c(O)c(C(C)(C)C)cc(Br)c1Br. The molecule has 1 aromatic rings. The molecule has 0 unspecified atom stereocenters. The number of phenols is 1. The van der Waals surface area contributed by atoms with Crippen molar-refractivity contribution in [3.63, 3.8) is 0 Å². The maximum atomic E-state index is 9.99. The van der Waals surface area contributed by atoms with Crippen molar-refractivity contribution in [1.29, 1.82) is 0 Å². The highest BCUT2D eigenvalue weighted by atomic mass is 79.9. The number of halogens is 2. The van der Waals surface area contributed by atoms with Crippen LogP contribution in [0.1, 0.15) is 31.9 Å². The Morgan fingerprint density at radius 1 is 1.21 bits per heavy atom. The molecule has 0 aromatic heterocycles. The first kappa shape index (κ1) is 12.1. The Morgan fingerprint density at radius 2 is 1.71 bits per heavy atom. The average Bonchev–Trinajstić information content (AvgIpc) is 2.06. The van der Waals surface area contributed by atoms with Gasteiger partial charge in [0.2, 0.25) is 0 Å². The van der Waals surface area contributed by atoms with E-state index in [1.165, 1.54) is 0 Å². The van der Waals surface area contributed by atoms with E-state index >= 15 is 0 Å².